The number of hydrogen-bond acceptors (Lipinski definition) is 2. The minimum Gasteiger partial charge on any atom is -0.378 e. The summed E-state index contributed by atoms with van der Waals surface area (Å²) in [4.78, 5) is 0. The molecule has 1 fully saturated rings. The van der Waals surface area contributed by atoms with E-state index in [0.717, 1.165) is 19.8 Å². The van der Waals surface area contributed by atoms with Crippen LogP contribution in [-0.2, 0) is 10.2 Å². The van der Waals surface area contributed by atoms with Gasteiger partial charge in [-0.05, 0) is 16.5 Å². The Morgan fingerprint density at radius 2 is 1.88 bits per heavy atom. The molecular weight excluding hydrogens is 198 g/mol. The fourth-order valence-electron chi connectivity index (χ4n) is 1.99. The van der Waals surface area contributed by atoms with Crippen molar-refractivity contribution < 1.29 is 4.74 Å². The van der Waals surface area contributed by atoms with Gasteiger partial charge in [0.05, 0.1) is 19.3 Å². The van der Waals surface area contributed by atoms with Gasteiger partial charge in [0.15, 0.2) is 0 Å². The van der Waals surface area contributed by atoms with E-state index in [4.69, 9.17) is 4.74 Å². The predicted molar refractivity (Wildman–Crippen MR) is 66.7 cm³/mol. The topological polar surface area (TPSA) is 21.3 Å². The lowest BCUT2D eigenvalue weighted by Gasteiger charge is -2.25. The second kappa shape index (κ2) is 4.56. The van der Waals surface area contributed by atoms with Gasteiger partial charge in [0.1, 0.15) is 0 Å². The fourth-order valence-corrected chi connectivity index (χ4v) is 1.99. The molecule has 1 aliphatic heterocycles. The van der Waals surface area contributed by atoms with Gasteiger partial charge in [-0.2, -0.15) is 0 Å². The summed E-state index contributed by atoms with van der Waals surface area (Å²) in [5.41, 5.74) is 2.94. The molecule has 1 aromatic rings. The molecule has 2 rings (SSSR count). The number of rotatable bonds is 1. The number of hydrogen-bond donors (Lipinski definition) is 1. The third kappa shape index (κ3) is 2.63. The quantitative estimate of drug-likeness (QED) is 0.784. The van der Waals surface area contributed by atoms with Gasteiger partial charge < -0.3 is 10.1 Å². The molecule has 16 heavy (non-hydrogen) atoms. The Morgan fingerprint density at radius 1 is 1.19 bits per heavy atom. The summed E-state index contributed by atoms with van der Waals surface area (Å²) in [6.07, 6.45) is 0. The average Bonchev–Trinajstić information content (AvgIpc) is 2.29. The maximum Gasteiger partial charge on any atom is 0.0662 e. The first-order valence-corrected chi connectivity index (χ1v) is 5.99. The molecule has 0 unspecified atom stereocenters. The summed E-state index contributed by atoms with van der Waals surface area (Å²) >= 11 is 0. The highest BCUT2D eigenvalue weighted by molar-refractivity contribution is 5.29. The van der Waals surface area contributed by atoms with Crippen molar-refractivity contribution >= 4 is 0 Å². The fraction of sp³-hybridized carbons (Fsp3) is 0.571. The van der Waals surface area contributed by atoms with E-state index in [2.05, 4.69) is 50.4 Å². The van der Waals surface area contributed by atoms with Crippen LogP contribution in [0.3, 0.4) is 0 Å². The first-order chi connectivity index (χ1) is 7.57. The highest BCUT2D eigenvalue weighted by atomic mass is 16.5. The SMILES string of the molecule is CC(C)(C)c1ccc([C@@H]2COCCN2)cc1. The summed E-state index contributed by atoms with van der Waals surface area (Å²) in [6.45, 7) is 9.29. The van der Waals surface area contributed by atoms with Gasteiger partial charge >= 0.3 is 0 Å². The van der Waals surface area contributed by atoms with Crippen LogP contribution in [-0.4, -0.2) is 19.8 Å². The number of nitrogens with one attached hydrogen (secondary N) is 1. The molecule has 0 amide bonds. The normalized spacial score (nSPS) is 22.1. The van der Waals surface area contributed by atoms with Crippen LogP contribution >= 0.6 is 0 Å². The predicted octanol–water partition coefficient (Wildman–Crippen LogP) is 2.65. The zero-order chi connectivity index (χ0) is 11.6. The summed E-state index contributed by atoms with van der Waals surface area (Å²) < 4.78 is 5.47. The van der Waals surface area contributed by atoms with Gasteiger partial charge in [-0.25, -0.2) is 0 Å². The van der Waals surface area contributed by atoms with E-state index >= 15 is 0 Å². The van der Waals surface area contributed by atoms with Crippen molar-refractivity contribution in [3.8, 4) is 0 Å². The van der Waals surface area contributed by atoms with Gasteiger partial charge in [-0.1, -0.05) is 45.0 Å². The third-order valence-corrected chi connectivity index (χ3v) is 3.10. The molecule has 0 radical (unpaired) electrons. The van der Waals surface area contributed by atoms with E-state index in [1.165, 1.54) is 11.1 Å². The minimum atomic E-state index is 0.231. The summed E-state index contributed by atoms with van der Waals surface area (Å²) in [7, 11) is 0. The zero-order valence-electron chi connectivity index (χ0n) is 10.4. The van der Waals surface area contributed by atoms with Gasteiger partial charge in [0.2, 0.25) is 0 Å². The standard InChI is InChI=1S/C14H21NO/c1-14(2,3)12-6-4-11(5-7-12)13-10-16-9-8-15-13/h4-7,13,15H,8-10H2,1-3H3/t13-/m0/s1. The molecule has 0 aliphatic carbocycles. The van der Waals surface area contributed by atoms with Crippen LogP contribution in [0.2, 0.25) is 0 Å². The Labute approximate surface area is 98.0 Å². The van der Waals surface area contributed by atoms with Crippen LogP contribution in [0.1, 0.15) is 37.9 Å². The van der Waals surface area contributed by atoms with Gasteiger partial charge in [-0.15, -0.1) is 0 Å². The molecule has 0 spiro atoms. The van der Waals surface area contributed by atoms with Crippen molar-refractivity contribution in [3.05, 3.63) is 35.4 Å². The molecule has 1 atom stereocenters. The monoisotopic (exact) mass is 219 g/mol. The first-order valence-electron chi connectivity index (χ1n) is 5.99. The molecule has 2 nitrogen and oxygen atoms in total. The van der Waals surface area contributed by atoms with Gasteiger partial charge in [0, 0.05) is 6.54 Å². The lowest BCUT2D eigenvalue weighted by Crippen LogP contribution is -2.34. The van der Waals surface area contributed by atoms with Crippen LogP contribution in [0.4, 0.5) is 0 Å². The Morgan fingerprint density at radius 3 is 2.38 bits per heavy atom. The Bertz CT molecular complexity index is 331. The zero-order valence-corrected chi connectivity index (χ0v) is 10.4. The molecule has 1 aliphatic rings. The largest absolute Gasteiger partial charge is 0.378 e. The van der Waals surface area contributed by atoms with Crippen LogP contribution in [0.25, 0.3) is 0 Å². The second-order valence-electron chi connectivity index (χ2n) is 5.45. The summed E-state index contributed by atoms with van der Waals surface area (Å²) in [5.74, 6) is 0. The van der Waals surface area contributed by atoms with Crippen molar-refractivity contribution in [2.75, 3.05) is 19.8 Å². The molecule has 1 heterocycles. The molecule has 0 saturated carbocycles. The Balaban J connectivity index is 2.12. The van der Waals surface area contributed by atoms with E-state index in [1.807, 2.05) is 0 Å². The third-order valence-electron chi connectivity index (χ3n) is 3.10. The lowest BCUT2D eigenvalue weighted by molar-refractivity contribution is 0.0769. The molecule has 1 aromatic carbocycles. The van der Waals surface area contributed by atoms with Crippen molar-refractivity contribution in [2.45, 2.75) is 32.2 Å². The minimum absolute atomic E-state index is 0.231. The number of morpholine rings is 1. The highest BCUT2D eigenvalue weighted by Gasteiger charge is 2.17. The molecule has 1 saturated heterocycles. The molecule has 2 heteroatoms. The maximum absolute atomic E-state index is 5.47. The number of ether oxygens (including phenoxy) is 1. The first kappa shape index (κ1) is 11.6. The van der Waals surface area contributed by atoms with E-state index < -0.39 is 0 Å². The van der Waals surface area contributed by atoms with Crippen molar-refractivity contribution in [1.82, 2.24) is 5.32 Å². The van der Waals surface area contributed by atoms with E-state index in [9.17, 15) is 0 Å². The molecule has 88 valence electrons. The summed E-state index contributed by atoms with van der Waals surface area (Å²) in [6, 6.07) is 9.25. The van der Waals surface area contributed by atoms with Crippen molar-refractivity contribution in [3.63, 3.8) is 0 Å². The molecule has 0 bridgehead atoms. The van der Waals surface area contributed by atoms with Crippen LogP contribution in [0.5, 0.6) is 0 Å². The second-order valence-corrected chi connectivity index (χ2v) is 5.45. The van der Waals surface area contributed by atoms with Crippen LogP contribution in [0, 0.1) is 0 Å². The van der Waals surface area contributed by atoms with Gasteiger partial charge in [-0.3, -0.25) is 0 Å². The molecule has 0 aromatic heterocycles. The lowest BCUT2D eigenvalue weighted by atomic mass is 9.86. The Kier molecular flexibility index (Phi) is 3.31. The number of benzene rings is 1. The molecular formula is C14H21NO. The van der Waals surface area contributed by atoms with E-state index in [0.29, 0.717) is 6.04 Å². The Hall–Kier alpha value is -0.860. The van der Waals surface area contributed by atoms with Crippen LogP contribution < -0.4 is 5.32 Å². The van der Waals surface area contributed by atoms with Crippen molar-refractivity contribution in [1.29, 1.82) is 0 Å². The average molecular weight is 219 g/mol. The highest BCUT2D eigenvalue weighted by Crippen LogP contribution is 2.24. The van der Waals surface area contributed by atoms with Crippen molar-refractivity contribution in [2.24, 2.45) is 0 Å². The van der Waals surface area contributed by atoms with E-state index in [1.54, 1.807) is 0 Å². The summed E-state index contributed by atoms with van der Waals surface area (Å²) in [5, 5.41) is 3.47. The van der Waals surface area contributed by atoms with E-state index in [-0.39, 0.29) is 5.41 Å². The molecule has 1 N–H and O–H groups in total. The maximum atomic E-state index is 5.47. The van der Waals surface area contributed by atoms with Gasteiger partial charge in [0.25, 0.3) is 0 Å². The smallest absolute Gasteiger partial charge is 0.0662 e. The van der Waals surface area contributed by atoms with Crippen LogP contribution in [0.15, 0.2) is 24.3 Å².